The van der Waals surface area contributed by atoms with Crippen molar-refractivity contribution in [3.63, 3.8) is 0 Å². The first-order valence-corrected chi connectivity index (χ1v) is 9.61. The van der Waals surface area contributed by atoms with Crippen LogP contribution in [0, 0.1) is 5.41 Å². The van der Waals surface area contributed by atoms with Crippen LogP contribution in [-0.4, -0.2) is 81.2 Å². The maximum absolute atomic E-state index is 12.6. The molecule has 8 nitrogen and oxygen atoms in total. The molecule has 0 spiro atoms. The summed E-state index contributed by atoms with van der Waals surface area (Å²) in [7, 11) is 7.02. The molecule has 0 aromatic rings. The molecule has 1 saturated carbocycles. The number of amides is 2. The van der Waals surface area contributed by atoms with E-state index in [1.165, 1.54) is 4.90 Å². The highest BCUT2D eigenvalue weighted by atomic mass is 16.6. The molecule has 0 heterocycles. The van der Waals surface area contributed by atoms with Crippen molar-refractivity contribution in [1.82, 2.24) is 20.4 Å². The highest BCUT2D eigenvalue weighted by Crippen LogP contribution is 2.38. The fraction of sp³-hybridized carbons (Fsp3) is 0.842. The van der Waals surface area contributed by atoms with Gasteiger partial charge in [0.25, 0.3) is 0 Å². The van der Waals surface area contributed by atoms with E-state index in [9.17, 15) is 9.59 Å². The van der Waals surface area contributed by atoms with Gasteiger partial charge >= 0.3 is 6.09 Å². The number of nitrogens with zero attached hydrogens (tertiary/aromatic N) is 3. The smallest absolute Gasteiger partial charge is 0.410 e. The number of rotatable bonds is 6. The van der Waals surface area contributed by atoms with Gasteiger partial charge in [-0.05, 0) is 33.6 Å². The average molecular weight is 384 g/mol. The van der Waals surface area contributed by atoms with Crippen LogP contribution in [0.3, 0.4) is 0 Å². The van der Waals surface area contributed by atoms with Crippen LogP contribution in [-0.2, 0) is 9.53 Å². The summed E-state index contributed by atoms with van der Waals surface area (Å²) in [5.74, 6) is 0.804. The number of likely N-dealkylation sites (N-methyl/N-ethyl adjacent to an activating group) is 1. The van der Waals surface area contributed by atoms with E-state index in [1.54, 1.807) is 19.0 Å². The average Bonchev–Trinajstić information content (AvgIpc) is 3.05. The van der Waals surface area contributed by atoms with E-state index in [-0.39, 0.29) is 17.4 Å². The molecule has 2 N–H and O–H groups in total. The number of hydrogen-bond acceptors (Lipinski definition) is 4. The van der Waals surface area contributed by atoms with Crippen molar-refractivity contribution < 1.29 is 14.3 Å². The molecule has 2 amide bonds. The van der Waals surface area contributed by atoms with Gasteiger partial charge in [0.15, 0.2) is 5.96 Å². The number of nitrogens with one attached hydrogen (secondary N) is 2. The first-order chi connectivity index (χ1) is 12.5. The highest BCUT2D eigenvalue weighted by molar-refractivity contribution is 5.85. The maximum atomic E-state index is 12.6. The second-order valence-corrected chi connectivity index (χ2v) is 8.44. The molecule has 8 heteroatoms. The van der Waals surface area contributed by atoms with E-state index in [4.69, 9.17) is 4.74 Å². The molecule has 1 aliphatic rings. The SMILES string of the molecule is CN=C(NCCN(C)C(=O)OC(C)(C)C)NCC1(C(=O)N(C)C)CCCC1. The van der Waals surface area contributed by atoms with Crippen molar-refractivity contribution in [3.05, 3.63) is 0 Å². The molecular weight excluding hydrogens is 346 g/mol. The van der Waals surface area contributed by atoms with Crippen LogP contribution >= 0.6 is 0 Å². The maximum Gasteiger partial charge on any atom is 0.410 e. The Morgan fingerprint density at radius 2 is 1.70 bits per heavy atom. The fourth-order valence-electron chi connectivity index (χ4n) is 3.24. The van der Waals surface area contributed by atoms with Crippen molar-refractivity contribution in [3.8, 4) is 0 Å². The van der Waals surface area contributed by atoms with Crippen molar-refractivity contribution in [2.45, 2.75) is 52.1 Å². The molecule has 0 aliphatic heterocycles. The lowest BCUT2D eigenvalue weighted by Crippen LogP contribution is -2.50. The first kappa shape index (κ1) is 23.0. The Morgan fingerprint density at radius 1 is 1.11 bits per heavy atom. The van der Waals surface area contributed by atoms with Crippen molar-refractivity contribution in [2.24, 2.45) is 10.4 Å². The van der Waals surface area contributed by atoms with Crippen LogP contribution in [0.4, 0.5) is 4.79 Å². The Balaban J connectivity index is 2.48. The summed E-state index contributed by atoms with van der Waals surface area (Å²) in [6.07, 6.45) is 3.60. The van der Waals surface area contributed by atoms with Gasteiger partial charge < -0.3 is 25.2 Å². The molecule has 0 unspecified atom stereocenters. The third-order valence-electron chi connectivity index (χ3n) is 4.68. The molecule has 1 fully saturated rings. The molecule has 1 aliphatic carbocycles. The van der Waals surface area contributed by atoms with Crippen LogP contribution in [0.1, 0.15) is 46.5 Å². The van der Waals surface area contributed by atoms with Gasteiger partial charge in [-0.25, -0.2) is 4.79 Å². The minimum Gasteiger partial charge on any atom is -0.444 e. The quantitative estimate of drug-likeness (QED) is 0.538. The molecule has 0 aromatic heterocycles. The molecule has 27 heavy (non-hydrogen) atoms. The Kier molecular flexibility index (Phi) is 8.37. The van der Waals surface area contributed by atoms with Crippen LogP contribution < -0.4 is 10.6 Å². The van der Waals surface area contributed by atoms with Crippen LogP contribution in [0.2, 0.25) is 0 Å². The second-order valence-electron chi connectivity index (χ2n) is 8.44. The number of aliphatic imine (C=N–C) groups is 1. The lowest BCUT2D eigenvalue weighted by molar-refractivity contribution is -0.138. The topological polar surface area (TPSA) is 86.3 Å². The van der Waals surface area contributed by atoms with E-state index < -0.39 is 5.60 Å². The third kappa shape index (κ3) is 7.27. The van der Waals surface area contributed by atoms with E-state index in [2.05, 4.69) is 15.6 Å². The summed E-state index contributed by atoms with van der Waals surface area (Å²) in [4.78, 5) is 32.0. The van der Waals surface area contributed by atoms with Gasteiger partial charge in [0.1, 0.15) is 5.60 Å². The van der Waals surface area contributed by atoms with Gasteiger partial charge in [0.2, 0.25) is 5.91 Å². The Bertz CT molecular complexity index is 534. The molecule has 0 aromatic carbocycles. The Labute approximate surface area is 163 Å². The number of ether oxygens (including phenoxy) is 1. The van der Waals surface area contributed by atoms with Crippen LogP contribution in [0.25, 0.3) is 0 Å². The Hall–Kier alpha value is -1.99. The third-order valence-corrected chi connectivity index (χ3v) is 4.68. The second kappa shape index (κ2) is 9.80. The standard InChI is InChI=1S/C19H37N5O3/c1-18(2,3)27-17(26)24(7)13-12-21-16(20-4)22-14-19(10-8-9-11-19)15(25)23(5)6/h8-14H2,1-7H3,(H2,20,21,22). The summed E-state index contributed by atoms with van der Waals surface area (Å²) in [6.45, 7) is 7.11. The molecule has 0 saturated heterocycles. The minimum atomic E-state index is -0.509. The van der Waals surface area contributed by atoms with Gasteiger partial charge in [0, 0.05) is 47.8 Å². The predicted octanol–water partition coefficient (Wildman–Crippen LogP) is 1.67. The number of carbonyl (C=O) groups excluding carboxylic acids is 2. The number of hydrogen-bond donors (Lipinski definition) is 2. The Morgan fingerprint density at radius 3 is 2.19 bits per heavy atom. The van der Waals surface area contributed by atoms with Crippen molar-refractivity contribution >= 4 is 18.0 Å². The van der Waals surface area contributed by atoms with Gasteiger partial charge in [-0.15, -0.1) is 0 Å². The molecule has 0 radical (unpaired) electrons. The lowest BCUT2D eigenvalue weighted by Gasteiger charge is -2.31. The molecule has 0 atom stereocenters. The minimum absolute atomic E-state index is 0.174. The van der Waals surface area contributed by atoms with Crippen LogP contribution in [0.15, 0.2) is 4.99 Å². The highest BCUT2D eigenvalue weighted by Gasteiger charge is 2.42. The molecule has 156 valence electrons. The van der Waals surface area contributed by atoms with E-state index in [0.717, 1.165) is 25.7 Å². The van der Waals surface area contributed by atoms with Gasteiger partial charge in [0.05, 0.1) is 5.41 Å². The molecule has 0 bridgehead atoms. The zero-order valence-corrected chi connectivity index (χ0v) is 18.0. The lowest BCUT2D eigenvalue weighted by atomic mass is 9.84. The molecule has 1 rings (SSSR count). The largest absolute Gasteiger partial charge is 0.444 e. The monoisotopic (exact) mass is 383 g/mol. The number of guanidine groups is 1. The fourth-order valence-corrected chi connectivity index (χ4v) is 3.24. The van der Waals surface area contributed by atoms with Crippen molar-refractivity contribution in [1.29, 1.82) is 0 Å². The van der Waals surface area contributed by atoms with E-state index in [1.807, 2.05) is 34.9 Å². The van der Waals surface area contributed by atoms with Crippen molar-refractivity contribution in [2.75, 3.05) is 47.8 Å². The van der Waals surface area contributed by atoms with Gasteiger partial charge in [-0.1, -0.05) is 12.8 Å². The summed E-state index contributed by atoms with van der Waals surface area (Å²) < 4.78 is 5.33. The zero-order valence-electron chi connectivity index (χ0n) is 18.0. The predicted molar refractivity (Wildman–Crippen MR) is 108 cm³/mol. The van der Waals surface area contributed by atoms with Gasteiger partial charge in [-0.3, -0.25) is 9.79 Å². The van der Waals surface area contributed by atoms with E-state index >= 15 is 0 Å². The van der Waals surface area contributed by atoms with E-state index in [0.29, 0.717) is 25.6 Å². The van der Waals surface area contributed by atoms with Gasteiger partial charge in [-0.2, -0.15) is 0 Å². The number of carbonyl (C=O) groups is 2. The summed E-state index contributed by atoms with van der Waals surface area (Å²) >= 11 is 0. The normalized spacial score (nSPS) is 16.6. The summed E-state index contributed by atoms with van der Waals surface area (Å²) in [6, 6.07) is 0. The first-order valence-electron chi connectivity index (χ1n) is 9.61. The summed E-state index contributed by atoms with van der Waals surface area (Å²) in [5, 5.41) is 6.48. The molecular formula is C19H37N5O3. The zero-order chi connectivity index (χ0) is 20.7. The summed E-state index contributed by atoms with van der Waals surface area (Å²) in [5.41, 5.74) is -0.862. The van der Waals surface area contributed by atoms with Crippen LogP contribution in [0.5, 0.6) is 0 Å².